The molecule has 0 aliphatic carbocycles. The summed E-state index contributed by atoms with van der Waals surface area (Å²) in [6.07, 6.45) is -0.353. The molecule has 4 heteroatoms. The fourth-order valence-corrected chi connectivity index (χ4v) is 1.34. The summed E-state index contributed by atoms with van der Waals surface area (Å²) in [5.74, 6) is -2.74. The lowest BCUT2D eigenvalue weighted by molar-refractivity contribution is 0.00616. The van der Waals surface area contributed by atoms with E-state index in [1.165, 1.54) is 0 Å². The molecule has 0 amide bonds. The Hall–Kier alpha value is -0.670. The van der Waals surface area contributed by atoms with E-state index in [4.69, 9.17) is 17.3 Å². The lowest BCUT2D eigenvalue weighted by Gasteiger charge is -2.16. The molecule has 0 spiro atoms. The van der Waals surface area contributed by atoms with Gasteiger partial charge in [-0.15, -0.1) is 0 Å². The second-order valence-electron chi connectivity index (χ2n) is 3.43. The molecule has 0 fully saturated rings. The first-order chi connectivity index (χ1) is 6.38. The molecule has 0 bridgehead atoms. The van der Waals surface area contributed by atoms with Crippen LogP contribution >= 0.6 is 11.6 Å². The summed E-state index contributed by atoms with van der Waals surface area (Å²) in [5, 5.41) is 0.573. The molecule has 0 heterocycles. The van der Waals surface area contributed by atoms with E-state index in [2.05, 4.69) is 0 Å². The summed E-state index contributed by atoms with van der Waals surface area (Å²) in [6.45, 7) is 0.864. The van der Waals surface area contributed by atoms with Crippen LogP contribution in [-0.4, -0.2) is 5.92 Å². The van der Waals surface area contributed by atoms with E-state index in [1.54, 1.807) is 24.3 Å². The van der Waals surface area contributed by atoms with E-state index in [-0.39, 0.29) is 6.42 Å². The fourth-order valence-electron chi connectivity index (χ4n) is 1.21. The third kappa shape index (κ3) is 3.60. The molecule has 1 rings (SSSR count). The van der Waals surface area contributed by atoms with Crippen molar-refractivity contribution >= 4 is 11.6 Å². The Morgan fingerprint density at radius 1 is 1.36 bits per heavy atom. The SMILES string of the molecule is CC(F)(F)CC(N)c1ccc(Cl)cc1. The van der Waals surface area contributed by atoms with E-state index in [0.29, 0.717) is 10.6 Å². The van der Waals surface area contributed by atoms with Crippen LogP contribution in [0.5, 0.6) is 0 Å². The second kappa shape index (κ2) is 4.24. The monoisotopic (exact) mass is 219 g/mol. The number of halogens is 3. The van der Waals surface area contributed by atoms with Crippen LogP contribution in [0, 0.1) is 0 Å². The lowest BCUT2D eigenvalue weighted by atomic mass is 10.0. The molecule has 1 nitrogen and oxygen atoms in total. The highest BCUT2D eigenvalue weighted by atomic mass is 35.5. The van der Waals surface area contributed by atoms with Gasteiger partial charge in [-0.25, -0.2) is 8.78 Å². The summed E-state index contributed by atoms with van der Waals surface area (Å²) in [6, 6.07) is 5.97. The van der Waals surface area contributed by atoms with Crippen molar-refractivity contribution in [1.82, 2.24) is 0 Å². The minimum absolute atomic E-state index is 0.353. The summed E-state index contributed by atoms with van der Waals surface area (Å²) >= 11 is 5.66. The molecule has 1 aromatic rings. The molecule has 0 radical (unpaired) electrons. The summed E-state index contributed by atoms with van der Waals surface area (Å²) in [7, 11) is 0. The third-order valence-electron chi connectivity index (χ3n) is 1.88. The molecule has 1 aromatic carbocycles. The van der Waals surface area contributed by atoms with E-state index >= 15 is 0 Å². The van der Waals surface area contributed by atoms with Crippen molar-refractivity contribution in [3.8, 4) is 0 Å². The van der Waals surface area contributed by atoms with Crippen molar-refractivity contribution in [3.63, 3.8) is 0 Å². The highest BCUT2D eigenvalue weighted by Crippen LogP contribution is 2.26. The normalized spacial score (nSPS) is 14.1. The van der Waals surface area contributed by atoms with Crippen LogP contribution in [0.2, 0.25) is 5.02 Å². The first-order valence-electron chi connectivity index (χ1n) is 4.27. The van der Waals surface area contributed by atoms with Crippen LogP contribution in [0.3, 0.4) is 0 Å². The van der Waals surface area contributed by atoms with Gasteiger partial charge in [-0.3, -0.25) is 0 Å². The van der Waals surface area contributed by atoms with Crippen LogP contribution in [0.1, 0.15) is 24.9 Å². The Morgan fingerprint density at radius 3 is 2.29 bits per heavy atom. The van der Waals surface area contributed by atoms with Gasteiger partial charge >= 0.3 is 0 Å². The fraction of sp³-hybridized carbons (Fsp3) is 0.400. The molecule has 0 aliphatic rings. The average Bonchev–Trinajstić information content (AvgIpc) is 2.02. The second-order valence-corrected chi connectivity index (χ2v) is 3.87. The van der Waals surface area contributed by atoms with Crippen molar-refractivity contribution in [1.29, 1.82) is 0 Å². The van der Waals surface area contributed by atoms with Crippen molar-refractivity contribution in [2.24, 2.45) is 5.73 Å². The first kappa shape index (κ1) is 11.4. The van der Waals surface area contributed by atoms with Crippen LogP contribution in [0.4, 0.5) is 8.78 Å². The molecule has 0 aliphatic heterocycles. The molecule has 1 unspecified atom stereocenters. The predicted octanol–water partition coefficient (Wildman–Crippen LogP) is 3.39. The van der Waals surface area contributed by atoms with Gasteiger partial charge in [0.25, 0.3) is 0 Å². The zero-order valence-corrected chi connectivity index (χ0v) is 8.56. The summed E-state index contributed by atoms with van der Waals surface area (Å²) in [5.41, 5.74) is 6.28. The minimum Gasteiger partial charge on any atom is -0.324 e. The number of benzene rings is 1. The van der Waals surface area contributed by atoms with Gasteiger partial charge in [0, 0.05) is 17.5 Å². The standard InChI is InChI=1S/C10H12ClF2N/c1-10(12,13)6-9(14)7-2-4-8(11)5-3-7/h2-5,9H,6,14H2,1H3. The molecule has 14 heavy (non-hydrogen) atoms. The van der Waals surface area contributed by atoms with Gasteiger partial charge in [-0.2, -0.15) is 0 Å². The van der Waals surface area contributed by atoms with E-state index in [0.717, 1.165) is 6.92 Å². The minimum atomic E-state index is -2.74. The molecule has 78 valence electrons. The highest BCUT2D eigenvalue weighted by Gasteiger charge is 2.25. The molecular formula is C10H12ClF2N. The Kier molecular flexibility index (Phi) is 3.45. The number of alkyl halides is 2. The van der Waals surface area contributed by atoms with Gasteiger partial charge in [-0.1, -0.05) is 23.7 Å². The maximum Gasteiger partial charge on any atom is 0.247 e. The van der Waals surface area contributed by atoms with Crippen LogP contribution < -0.4 is 5.73 Å². The molecule has 0 saturated heterocycles. The van der Waals surface area contributed by atoms with Gasteiger partial charge in [0.2, 0.25) is 5.92 Å². The number of nitrogens with two attached hydrogens (primary N) is 1. The van der Waals surface area contributed by atoms with Crippen molar-refractivity contribution < 1.29 is 8.78 Å². The van der Waals surface area contributed by atoms with Crippen molar-refractivity contribution in [2.45, 2.75) is 25.3 Å². The molecular weight excluding hydrogens is 208 g/mol. The smallest absolute Gasteiger partial charge is 0.247 e. The summed E-state index contributed by atoms with van der Waals surface area (Å²) in [4.78, 5) is 0. The first-order valence-corrected chi connectivity index (χ1v) is 4.65. The van der Waals surface area contributed by atoms with Crippen LogP contribution in [0.25, 0.3) is 0 Å². The van der Waals surface area contributed by atoms with E-state index in [1.807, 2.05) is 0 Å². The van der Waals surface area contributed by atoms with Crippen molar-refractivity contribution in [3.05, 3.63) is 34.9 Å². The van der Waals surface area contributed by atoms with Gasteiger partial charge in [0.15, 0.2) is 0 Å². The zero-order chi connectivity index (χ0) is 10.8. The van der Waals surface area contributed by atoms with Gasteiger partial charge in [-0.05, 0) is 24.6 Å². The molecule has 2 N–H and O–H groups in total. The Morgan fingerprint density at radius 2 is 1.86 bits per heavy atom. The third-order valence-corrected chi connectivity index (χ3v) is 2.13. The summed E-state index contributed by atoms with van der Waals surface area (Å²) < 4.78 is 25.3. The lowest BCUT2D eigenvalue weighted by Crippen LogP contribution is -2.21. The topological polar surface area (TPSA) is 26.0 Å². The van der Waals surface area contributed by atoms with E-state index in [9.17, 15) is 8.78 Å². The molecule has 1 atom stereocenters. The zero-order valence-electron chi connectivity index (χ0n) is 7.81. The maximum absolute atomic E-state index is 12.6. The van der Waals surface area contributed by atoms with Gasteiger partial charge < -0.3 is 5.73 Å². The largest absolute Gasteiger partial charge is 0.324 e. The number of rotatable bonds is 3. The Labute approximate surface area is 86.9 Å². The Bertz CT molecular complexity index is 292. The van der Waals surface area contributed by atoms with Crippen LogP contribution in [-0.2, 0) is 0 Å². The average molecular weight is 220 g/mol. The quantitative estimate of drug-likeness (QED) is 0.829. The van der Waals surface area contributed by atoms with E-state index < -0.39 is 12.0 Å². The molecule has 0 saturated carbocycles. The highest BCUT2D eigenvalue weighted by molar-refractivity contribution is 6.30. The number of hydrogen-bond donors (Lipinski definition) is 1. The maximum atomic E-state index is 12.6. The van der Waals surface area contributed by atoms with Gasteiger partial charge in [0.1, 0.15) is 0 Å². The number of hydrogen-bond acceptors (Lipinski definition) is 1. The Balaban J connectivity index is 2.70. The van der Waals surface area contributed by atoms with Gasteiger partial charge in [0.05, 0.1) is 0 Å². The van der Waals surface area contributed by atoms with Crippen LogP contribution in [0.15, 0.2) is 24.3 Å². The predicted molar refractivity (Wildman–Crippen MR) is 53.6 cm³/mol. The van der Waals surface area contributed by atoms with Crippen molar-refractivity contribution in [2.75, 3.05) is 0 Å². The molecule has 0 aromatic heterocycles.